The third kappa shape index (κ3) is 2.84. The summed E-state index contributed by atoms with van der Waals surface area (Å²) in [5, 5.41) is 18.2. The van der Waals surface area contributed by atoms with E-state index in [0.717, 1.165) is 50.7 Å². The SMILES string of the molecule is CCn1c(C)nnc1CN1CCC(C)(O)CC1. The molecule has 0 unspecified atom stereocenters. The van der Waals surface area contributed by atoms with Crippen molar-refractivity contribution in [1.82, 2.24) is 19.7 Å². The zero-order chi connectivity index (χ0) is 12.5. The summed E-state index contributed by atoms with van der Waals surface area (Å²) in [6, 6.07) is 0. The molecule has 0 radical (unpaired) electrons. The van der Waals surface area contributed by atoms with Crippen molar-refractivity contribution in [1.29, 1.82) is 0 Å². The Bertz CT molecular complexity index is 376. The number of rotatable bonds is 3. The number of aliphatic hydroxyl groups is 1. The largest absolute Gasteiger partial charge is 0.390 e. The first kappa shape index (κ1) is 12.5. The fourth-order valence-electron chi connectivity index (χ4n) is 2.35. The minimum absolute atomic E-state index is 0.481. The molecular weight excluding hydrogens is 216 g/mol. The van der Waals surface area contributed by atoms with Crippen LogP contribution in [0.25, 0.3) is 0 Å². The number of nitrogens with zero attached hydrogens (tertiary/aromatic N) is 4. The van der Waals surface area contributed by atoms with Crippen LogP contribution in [0.2, 0.25) is 0 Å². The van der Waals surface area contributed by atoms with Crippen molar-refractivity contribution in [3.05, 3.63) is 11.6 Å². The molecule has 0 saturated carbocycles. The minimum Gasteiger partial charge on any atom is -0.390 e. The molecule has 1 aliphatic heterocycles. The monoisotopic (exact) mass is 238 g/mol. The summed E-state index contributed by atoms with van der Waals surface area (Å²) < 4.78 is 2.15. The Morgan fingerprint density at radius 1 is 1.29 bits per heavy atom. The molecule has 1 aromatic heterocycles. The van der Waals surface area contributed by atoms with Crippen LogP contribution < -0.4 is 0 Å². The molecule has 0 amide bonds. The zero-order valence-corrected chi connectivity index (χ0v) is 11.0. The molecule has 1 fully saturated rings. The number of piperidine rings is 1. The minimum atomic E-state index is -0.481. The second kappa shape index (κ2) is 4.74. The Balaban J connectivity index is 1.98. The fourth-order valence-corrected chi connectivity index (χ4v) is 2.35. The van der Waals surface area contributed by atoms with Gasteiger partial charge in [-0.3, -0.25) is 4.90 Å². The smallest absolute Gasteiger partial charge is 0.147 e. The van der Waals surface area contributed by atoms with Crippen LogP contribution in [0.3, 0.4) is 0 Å². The number of hydrogen-bond acceptors (Lipinski definition) is 4. The normalized spacial score (nSPS) is 20.7. The van der Waals surface area contributed by atoms with Crippen molar-refractivity contribution in [2.75, 3.05) is 13.1 Å². The molecule has 96 valence electrons. The Morgan fingerprint density at radius 3 is 2.53 bits per heavy atom. The van der Waals surface area contributed by atoms with E-state index in [-0.39, 0.29) is 0 Å². The first-order chi connectivity index (χ1) is 8.02. The molecule has 17 heavy (non-hydrogen) atoms. The second-order valence-electron chi connectivity index (χ2n) is 5.18. The number of aromatic nitrogens is 3. The van der Waals surface area contributed by atoms with Gasteiger partial charge in [-0.1, -0.05) is 0 Å². The van der Waals surface area contributed by atoms with Crippen molar-refractivity contribution in [3.8, 4) is 0 Å². The van der Waals surface area contributed by atoms with Gasteiger partial charge in [0.25, 0.3) is 0 Å². The molecule has 5 heteroatoms. The van der Waals surface area contributed by atoms with Gasteiger partial charge in [-0.15, -0.1) is 10.2 Å². The molecular formula is C12H22N4O. The summed E-state index contributed by atoms with van der Waals surface area (Å²) in [6.07, 6.45) is 1.68. The Morgan fingerprint density at radius 2 is 1.94 bits per heavy atom. The summed E-state index contributed by atoms with van der Waals surface area (Å²) in [5.41, 5.74) is -0.481. The van der Waals surface area contributed by atoms with E-state index >= 15 is 0 Å². The lowest BCUT2D eigenvalue weighted by Crippen LogP contribution is -2.42. The first-order valence-electron chi connectivity index (χ1n) is 6.35. The highest BCUT2D eigenvalue weighted by Crippen LogP contribution is 2.22. The van der Waals surface area contributed by atoms with Crippen LogP contribution in [0, 0.1) is 6.92 Å². The highest BCUT2D eigenvalue weighted by molar-refractivity contribution is 4.95. The molecule has 1 aliphatic rings. The fraction of sp³-hybridized carbons (Fsp3) is 0.833. The van der Waals surface area contributed by atoms with E-state index in [4.69, 9.17) is 0 Å². The van der Waals surface area contributed by atoms with Gasteiger partial charge in [-0.2, -0.15) is 0 Å². The molecule has 1 saturated heterocycles. The Kier molecular flexibility index (Phi) is 3.49. The van der Waals surface area contributed by atoms with Gasteiger partial charge >= 0.3 is 0 Å². The molecule has 1 aromatic rings. The van der Waals surface area contributed by atoms with E-state index in [1.807, 2.05) is 13.8 Å². The lowest BCUT2D eigenvalue weighted by molar-refractivity contribution is -0.00811. The zero-order valence-electron chi connectivity index (χ0n) is 11.0. The molecule has 2 heterocycles. The molecule has 0 atom stereocenters. The average Bonchev–Trinajstić information content (AvgIpc) is 2.62. The van der Waals surface area contributed by atoms with Crippen molar-refractivity contribution < 1.29 is 5.11 Å². The van der Waals surface area contributed by atoms with Crippen LogP contribution in [0.1, 0.15) is 38.3 Å². The summed E-state index contributed by atoms with van der Waals surface area (Å²) >= 11 is 0. The lowest BCUT2D eigenvalue weighted by Gasteiger charge is -2.35. The van der Waals surface area contributed by atoms with Crippen LogP contribution in [0.15, 0.2) is 0 Å². The Labute approximate surface area is 102 Å². The van der Waals surface area contributed by atoms with Crippen LogP contribution in [-0.2, 0) is 13.1 Å². The maximum absolute atomic E-state index is 9.90. The van der Waals surface area contributed by atoms with Crippen LogP contribution >= 0.6 is 0 Å². The summed E-state index contributed by atoms with van der Waals surface area (Å²) in [7, 11) is 0. The van der Waals surface area contributed by atoms with E-state index in [0.29, 0.717) is 0 Å². The Hall–Kier alpha value is -0.940. The maximum atomic E-state index is 9.90. The summed E-state index contributed by atoms with van der Waals surface area (Å²) in [6.45, 7) is 9.64. The van der Waals surface area contributed by atoms with Crippen molar-refractivity contribution in [2.45, 2.75) is 52.3 Å². The van der Waals surface area contributed by atoms with E-state index in [1.54, 1.807) is 0 Å². The van der Waals surface area contributed by atoms with E-state index in [1.165, 1.54) is 0 Å². The van der Waals surface area contributed by atoms with Crippen LogP contribution in [0.5, 0.6) is 0 Å². The second-order valence-corrected chi connectivity index (χ2v) is 5.18. The highest BCUT2D eigenvalue weighted by Gasteiger charge is 2.27. The molecule has 0 aromatic carbocycles. The molecule has 0 aliphatic carbocycles. The molecule has 5 nitrogen and oxygen atoms in total. The van der Waals surface area contributed by atoms with Gasteiger partial charge in [-0.05, 0) is 33.6 Å². The van der Waals surface area contributed by atoms with E-state index in [9.17, 15) is 5.11 Å². The molecule has 0 bridgehead atoms. The van der Waals surface area contributed by atoms with Gasteiger partial charge in [-0.25, -0.2) is 0 Å². The molecule has 0 spiro atoms. The van der Waals surface area contributed by atoms with Crippen LogP contribution in [-0.4, -0.2) is 43.5 Å². The highest BCUT2D eigenvalue weighted by atomic mass is 16.3. The van der Waals surface area contributed by atoms with Crippen molar-refractivity contribution >= 4 is 0 Å². The van der Waals surface area contributed by atoms with Gasteiger partial charge in [0.15, 0.2) is 0 Å². The number of aryl methyl sites for hydroxylation is 1. The number of likely N-dealkylation sites (tertiary alicyclic amines) is 1. The number of hydrogen-bond donors (Lipinski definition) is 1. The van der Waals surface area contributed by atoms with Gasteiger partial charge in [0.1, 0.15) is 11.6 Å². The summed E-state index contributed by atoms with van der Waals surface area (Å²) in [4.78, 5) is 2.34. The van der Waals surface area contributed by atoms with Gasteiger partial charge in [0.05, 0.1) is 12.1 Å². The molecule has 1 N–H and O–H groups in total. The van der Waals surface area contributed by atoms with Gasteiger partial charge in [0.2, 0.25) is 0 Å². The first-order valence-corrected chi connectivity index (χ1v) is 6.35. The van der Waals surface area contributed by atoms with Crippen molar-refractivity contribution in [3.63, 3.8) is 0 Å². The average molecular weight is 238 g/mol. The standard InChI is InChI=1S/C12H22N4O/c1-4-16-10(2)13-14-11(16)9-15-7-5-12(3,17)6-8-15/h17H,4-9H2,1-3H3. The van der Waals surface area contributed by atoms with Gasteiger partial charge in [0, 0.05) is 19.6 Å². The van der Waals surface area contributed by atoms with Crippen LogP contribution in [0.4, 0.5) is 0 Å². The van der Waals surface area contributed by atoms with E-state index in [2.05, 4.69) is 26.6 Å². The topological polar surface area (TPSA) is 54.2 Å². The van der Waals surface area contributed by atoms with Crippen molar-refractivity contribution in [2.24, 2.45) is 0 Å². The third-order valence-corrected chi connectivity index (χ3v) is 3.63. The lowest BCUT2D eigenvalue weighted by atomic mass is 9.94. The maximum Gasteiger partial charge on any atom is 0.147 e. The predicted octanol–water partition coefficient (Wildman–Crippen LogP) is 0.953. The molecule has 2 rings (SSSR count). The quantitative estimate of drug-likeness (QED) is 0.852. The third-order valence-electron chi connectivity index (χ3n) is 3.63. The predicted molar refractivity (Wildman–Crippen MR) is 65.6 cm³/mol. The van der Waals surface area contributed by atoms with E-state index < -0.39 is 5.60 Å². The van der Waals surface area contributed by atoms with Gasteiger partial charge < -0.3 is 9.67 Å². The summed E-state index contributed by atoms with van der Waals surface area (Å²) in [5.74, 6) is 2.01.